The third kappa shape index (κ3) is 5.57. The van der Waals surface area contributed by atoms with Crippen molar-refractivity contribution >= 4 is 51.3 Å². The number of halogens is 1. The Labute approximate surface area is 254 Å². The van der Waals surface area contributed by atoms with Crippen molar-refractivity contribution in [1.29, 1.82) is 0 Å². The second-order valence-corrected chi connectivity index (χ2v) is 10.1. The highest BCUT2D eigenvalue weighted by atomic mass is 35.5. The number of morpholine rings is 1. The van der Waals surface area contributed by atoms with Crippen LogP contribution in [0.15, 0.2) is 75.0 Å². The number of rotatable bonds is 8. The van der Waals surface area contributed by atoms with Gasteiger partial charge >= 0.3 is 5.69 Å². The lowest BCUT2D eigenvalue weighted by atomic mass is 10.2. The molecule has 0 N–H and O–H groups in total. The van der Waals surface area contributed by atoms with E-state index in [4.69, 9.17) is 30.2 Å². The normalized spacial score (nSPS) is 13.5. The van der Waals surface area contributed by atoms with Crippen LogP contribution in [-0.4, -0.2) is 71.6 Å². The van der Waals surface area contributed by atoms with Crippen LogP contribution in [-0.2, 0) is 9.53 Å². The maximum atomic E-state index is 13.6. The molecule has 224 valence electrons. The predicted molar refractivity (Wildman–Crippen MR) is 162 cm³/mol. The zero-order valence-electron chi connectivity index (χ0n) is 23.3. The Morgan fingerprint density at radius 3 is 2.70 bits per heavy atom. The molecule has 0 unspecified atom stereocenters. The fraction of sp³-hybridized carbons (Fsp3) is 0.200. The molecule has 1 aliphatic rings. The molecule has 1 amide bonds. The van der Waals surface area contributed by atoms with Crippen molar-refractivity contribution in [3.8, 4) is 23.1 Å². The number of carbonyl (C=O) groups excluding carboxylic acids is 1. The van der Waals surface area contributed by atoms with E-state index in [9.17, 15) is 19.7 Å². The first kappa shape index (κ1) is 28.8. The van der Waals surface area contributed by atoms with Crippen LogP contribution in [0.5, 0.6) is 11.5 Å². The van der Waals surface area contributed by atoms with Crippen molar-refractivity contribution in [2.75, 3.05) is 40.0 Å². The van der Waals surface area contributed by atoms with Gasteiger partial charge in [-0.15, -0.1) is 0 Å². The van der Waals surface area contributed by atoms with E-state index in [0.717, 1.165) is 4.68 Å². The van der Waals surface area contributed by atoms with Gasteiger partial charge in [-0.1, -0.05) is 29.8 Å². The molecule has 0 bridgehead atoms. The number of aromatic nitrogens is 2. The van der Waals surface area contributed by atoms with Crippen LogP contribution < -0.4 is 15.0 Å². The number of carbonyl (C=O) groups is 1. The molecule has 3 heterocycles. The number of methoxy groups -OCH3 is 1. The fourth-order valence-corrected chi connectivity index (χ4v) is 5.10. The van der Waals surface area contributed by atoms with Gasteiger partial charge in [0.05, 0.1) is 52.8 Å². The highest BCUT2D eigenvalue weighted by molar-refractivity contribution is 6.32. The van der Waals surface area contributed by atoms with Gasteiger partial charge in [-0.05, 0) is 36.4 Å². The number of hydrogen-bond donors (Lipinski definition) is 0. The predicted octanol–water partition coefficient (Wildman–Crippen LogP) is 4.50. The lowest BCUT2D eigenvalue weighted by molar-refractivity contribution is -0.385. The Balaban J connectivity index is 1.38. The number of ether oxygens (including phenoxy) is 3. The average Bonchev–Trinajstić information content (AvgIpc) is 3.48. The number of hydrogen-bond acceptors (Lipinski definition) is 10. The van der Waals surface area contributed by atoms with Crippen molar-refractivity contribution in [3.05, 3.63) is 91.7 Å². The first-order valence-electron chi connectivity index (χ1n) is 13.4. The van der Waals surface area contributed by atoms with Gasteiger partial charge in [0.15, 0.2) is 12.4 Å². The molecule has 1 fully saturated rings. The van der Waals surface area contributed by atoms with Gasteiger partial charge in [0.25, 0.3) is 11.5 Å². The summed E-state index contributed by atoms with van der Waals surface area (Å²) in [5.41, 5.74) is 0.185. The second kappa shape index (κ2) is 12.1. The van der Waals surface area contributed by atoms with Gasteiger partial charge in [0, 0.05) is 24.7 Å². The largest absolute Gasteiger partial charge is 0.496 e. The molecule has 6 rings (SSSR count). The van der Waals surface area contributed by atoms with Crippen molar-refractivity contribution in [1.82, 2.24) is 14.6 Å². The fourth-order valence-electron chi connectivity index (χ4n) is 4.83. The minimum atomic E-state index is -0.672. The molecule has 2 aromatic heterocycles. The maximum absolute atomic E-state index is 13.6. The Hall–Kier alpha value is -5.27. The molecule has 0 saturated carbocycles. The lowest BCUT2D eigenvalue weighted by Gasteiger charge is -2.26. The average molecular weight is 618 g/mol. The number of amides is 1. The molecular formula is C30H24ClN5O8. The molecular weight excluding hydrogens is 594 g/mol. The van der Waals surface area contributed by atoms with Crippen molar-refractivity contribution in [2.45, 2.75) is 0 Å². The van der Waals surface area contributed by atoms with Crippen LogP contribution in [0.2, 0.25) is 5.02 Å². The molecule has 14 heteroatoms. The van der Waals surface area contributed by atoms with E-state index in [1.165, 1.54) is 18.3 Å². The first-order chi connectivity index (χ1) is 21.3. The lowest BCUT2D eigenvalue weighted by Crippen LogP contribution is -2.43. The quantitative estimate of drug-likeness (QED) is 0.139. The number of nitro groups is 1. The molecule has 3 aromatic carbocycles. The van der Waals surface area contributed by atoms with Crippen LogP contribution >= 0.6 is 11.6 Å². The van der Waals surface area contributed by atoms with Crippen molar-refractivity contribution in [2.24, 2.45) is 5.10 Å². The standard InChI is InChI=1S/C30H24ClN5O8/c1-41-24-7-4-8-25-20(24)15-26(44-25)29-33-22-6-3-2-5-19(22)30(38)35(29)32-16-18-13-21(31)28(23(14-18)36(39)40)43-17-27(37)34-9-11-42-12-10-34/h2-8,13-16H,9-12,17H2,1H3. The van der Waals surface area contributed by atoms with E-state index in [-0.39, 0.29) is 33.8 Å². The molecule has 13 nitrogen and oxygen atoms in total. The van der Waals surface area contributed by atoms with Gasteiger partial charge in [-0.2, -0.15) is 9.78 Å². The van der Waals surface area contributed by atoms with E-state index < -0.39 is 22.8 Å². The summed E-state index contributed by atoms with van der Waals surface area (Å²) in [6.45, 7) is 1.18. The van der Waals surface area contributed by atoms with E-state index in [2.05, 4.69) is 10.1 Å². The highest BCUT2D eigenvalue weighted by Crippen LogP contribution is 2.36. The third-order valence-corrected chi connectivity index (χ3v) is 7.27. The second-order valence-electron chi connectivity index (χ2n) is 9.69. The smallest absolute Gasteiger partial charge is 0.313 e. The summed E-state index contributed by atoms with van der Waals surface area (Å²) in [4.78, 5) is 43.6. The third-order valence-electron chi connectivity index (χ3n) is 6.98. The SMILES string of the molecule is COc1cccc2oc(-c3nc4ccccc4c(=O)n3N=Cc3cc(Cl)c(OCC(=O)N4CCOCC4)c([N+](=O)[O-])c3)cc12. The van der Waals surface area contributed by atoms with Crippen LogP contribution in [0.4, 0.5) is 5.69 Å². The summed E-state index contributed by atoms with van der Waals surface area (Å²) in [5, 5.41) is 17.2. The Kier molecular flexibility index (Phi) is 7.96. The number of furan rings is 1. The summed E-state index contributed by atoms with van der Waals surface area (Å²) in [5.74, 6) is 0.333. The van der Waals surface area contributed by atoms with E-state index in [1.54, 1.807) is 60.5 Å². The van der Waals surface area contributed by atoms with Crippen LogP contribution in [0.3, 0.4) is 0 Å². The maximum Gasteiger partial charge on any atom is 0.313 e. The summed E-state index contributed by atoms with van der Waals surface area (Å²) < 4.78 is 23.3. The minimum absolute atomic E-state index is 0.102. The topological polar surface area (TPSA) is 152 Å². The van der Waals surface area contributed by atoms with Crippen LogP contribution in [0.25, 0.3) is 33.5 Å². The number of fused-ring (bicyclic) bond motifs is 2. The van der Waals surface area contributed by atoms with Gasteiger partial charge < -0.3 is 23.5 Å². The van der Waals surface area contributed by atoms with Crippen molar-refractivity contribution in [3.63, 3.8) is 0 Å². The van der Waals surface area contributed by atoms with E-state index in [0.29, 0.717) is 53.9 Å². The Bertz CT molecular complexity index is 2000. The summed E-state index contributed by atoms with van der Waals surface area (Å²) >= 11 is 6.40. The number of nitrogens with zero attached hydrogens (tertiary/aromatic N) is 5. The van der Waals surface area contributed by atoms with E-state index in [1.807, 2.05) is 0 Å². The molecule has 0 aliphatic carbocycles. The van der Waals surface area contributed by atoms with Crippen LogP contribution in [0, 0.1) is 10.1 Å². The van der Waals surface area contributed by atoms with Gasteiger partial charge in [0.1, 0.15) is 11.3 Å². The monoisotopic (exact) mass is 617 g/mol. The summed E-state index contributed by atoms with van der Waals surface area (Å²) in [6.07, 6.45) is 1.24. The van der Waals surface area contributed by atoms with Gasteiger partial charge in [-0.3, -0.25) is 19.7 Å². The molecule has 0 radical (unpaired) electrons. The first-order valence-corrected chi connectivity index (χ1v) is 13.8. The van der Waals surface area contributed by atoms with Gasteiger partial charge in [-0.25, -0.2) is 4.98 Å². The highest BCUT2D eigenvalue weighted by Gasteiger charge is 2.24. The molecule has 44 heavy (non-hydrogen) atoms. The zero-order chi connectivity index (χ0) is 30.8. The van der Waals surface area contributed by atoms with Crippen molar-refractivity contribution < 1.29 is 28.3 Å². The molecule has 5 aromatic rings. The minimum Gasteiger partial charge on any atom is -0.496 e. The van der Waals surface area contributed by atoms with Gasteiger partial charge in [0.2, 0.25) is 11.6 Å². The van der Waals surface area contributed by atoms with E-state index >= 15 is 0 Å². The zero-order valence-corrected chi connectivity index (χ0v) is 24.0. The molecule has 0 atom stereocenters. The number of nitro benzene ring substituents is 1. The number of benzene rings is 3. The molecule has 1 saturated heterocycles. The molecule has 1 aliphatic heterocycles. The molecule has 0 spiro atoms. The number of para-hydroxylation sites is 1. The van der Waals surface area contributed by atoms with Crippen LogP contribution in [0.1, 0.15) is 5.56 Å². The Morgan fingerprint density at radius 2 is 1.93 bits per heavy atom. The summed E-state index contributed by atoms with van der Waals surface area (Å²) in [6, 6.07) is 16.4. The summed E-state index contributed by atoms with van der Waals surface area (Å²) in [7, 11) is 1.54. The Morgan fingerprint density at radius 1 is 1.14 bits per heavy atom.